The van der Waals surface area contributed by atoms with Crippen LogP contribution in [0.1, 0.15) is 23.1 Å². The highest BCUT2D eigenvalue weighted by Gasteiger charge is 2.25. The lowest BCUT2D eigenvalue weighted by Gasteiger charge is -2.33. The highest BCUT2D eigenvalue weighted by atomic mass is 32.2. The molecule has 12 heteroatoms. The quantitative estimate of drug-likeness (QED) is 0.518. The number of para-hydroxylation sites is 1. The molecular formula is C22H26N8O3S. The maximum atomic E-state index is 12.6. The number of rotatable bonds is 7. The van der Waals surface area contributed by atoms with Crippen LogP contribution in [0.15, 0.2) is 48.7 Å². The minimum Gasteiger partial charge on any atom is -0.338 e. The number of piperazine rings is 1. The highest BCUT2D eigenvalue weighted by molar-refractivity contribution is 7.88. The minimum atomic E-state index is -3.22. The zero-order chi connectivity index (χ0) is 24.1. The van der Waals surface area contributed by atoms with Crippen molar-refractivity contribution >= 4 is 39.3 Å². The Morgan fingerprint density at radius 3 is 2.44 bits per heavy atom. The molecule has 0 radical (unpaired) electrons. The molecule has 11 nitrogen and oxygen atoms in total. The molecule has 0 unspecified atom stereocenters. The van der Waals surface area contributed by atoms with Crippen molar-refractivity contribution < 1.29 is 13.2 Å². The van der Waals surface area contributed by atoms with Gasteiger partial charge in [0.2, 0.25) is 21.9 Å². The molecule has 3 aromatic rings. The zero-order valence-electron chi connectivity index (χ0n) is 19.0. The Balaban J connectivity index is 1.50. The molecule has 0 aliphatic carbocycles. The molecule has 1 aromatic carbocycles. The molecule has 34 heavy (non-hydrogen) atoms. The van der Waals surface area contributed by atoms with Gasteiger partial charge < -0.3 is 15.5 Å². The van der Waals surface area contributed by atoms with Crippen LogP contribution in [0, 0.1) is 0 Å². The summed E-state index contributed by atoms with van der Waals surface area (Å²) in [6.07, 6.45) is 3.35. The fourth-order valence-electron chi connectivity index (χ4n) is 3.46. The lowest BCUT2D eigenvalue weighted by molar-refractivity contribution is 0.102. The number of anilines is 4. The molecule has 0 saturated carbocycles. The van der Waals surface area contributed by atoms with E-state index in [0.29, 0.717) is 67.4 Å². The van der Waals surface area contributed by atoms with E-state index < -0.39 is 10.0 Å². The summed E-state index contributed by atoms with van der Waals surface area (Å²) < 4.78 is 25.0. The van der Waals surface area contributed by atoms with E-state index in [9.17, 15) is 13.2 Å². The van der Waals surface area contributed by atoms with Crippen molar-refractivity contribution in [3.63, 3.8) is 0 Å². The van der Waals surface area contributed by atoms with Crippen LogP contribution in [0.4, 0.5) is 23.4 Å². The molecule has 2 N–H and O–H groups in total. The van der Waals surface area contributed by atoms with Gasteiger partial charge >= 0.3 is 0 Å². The van der Waals surface area contributed by atoms with Crippen LogP contribution in [0.2, 0.25) is 0 Å². The number of sulfonamides is 1. The predicted octanol–water partition coefficient (Wildman–Crippen LogP) is 1.91. The molecule has 1 fully saturated rings. The summed E-state index contributed by atoms with van der Waals surface area (Å²) in [6.45, 7) is 3.64. The van der Waals surface area contributed by atoms with E-state index in [4.69, 9.17) is 0 Å². The summed E-state index contributed by atoms with van der Waals surface area (Å²) in [4.78, 5) is 32.3. The van der Waals surface area contributed by atoms with Crippen molar-refractivity contribution in [2.24, 2.45) is 0 Å². The Bertz CT molecular complexity index is 1260. The van der Waals surface area contributed by atoms with Gasteiger partial charge in [-0.1, -0.05) is 25.1 Å². The summed E-state index contributed by atoms with van der Waals surface area (Å²) in [5, 5.41) is 5.91. The van der Waals surface area contributed by atoms with Gasteiger partial charge in [0, 0.05) is 50.0 Å². The van der Waals surface area contributed by atoms with E-state index in [1.807, 2.05) is 42.2 Å². The molecular weight excluding hydrogens is 456 g/mol. The smallest absolute Gasteiger partial charge is 0.255 e. The van der Waals surface area contributed by atoms with Gasteiger partial charge in [-0.05, 0) is 24.3 Å². The third-order valence-corrected chi connectivity index (χ3v) is 6.57. The Hall–Kier alpha value is -3.64. The summed E-state index contributed by atoms with van der Waals surface area (Å²) in [6, 6.07) is 12.4. The van der Waals surface area contributed by atoms with E-state index in [0.717, 1.165) is 0 Å². The Morgan fingerprint density at radius 1 is 1.03 bits per heavy atom. The van der Waals surface area contributed by atoms with Gasteiger partial charge in [0.15, 0.2) is 0 Å². The average molecular weight is 483 g/mol. The van der Waals surface area contributed by atoms with E-state index in [1.165, 1.54) is 16.8 Å². The van der Waals surface area contributed by atoms with Crippen molar-refractivity contribution in [3.05, 3.63) is 60.0 Å². The third kappa shape index (κ3) is 5.83. The van der Waals surface area contributed by atoms with Crippen LogP contribution in [-0.2, 0) is 16.4 Å². The molecule has 1 aliphatic rings. The number of nitrogens with one attached hydrogen (secondary N) is 2. The number of nitrogens with zero attached hydrogens (tertiary/aromatic N) is 6. The number of hydrogen-bond donors (Lipinski definition) is 2. The lowest BCUT2D eigenvalue weighted by Crippen LogP contribution is -2.49. The van der Waals surface area contributed by atoms with E-state index in [-0.39, 0.29) is 5.91 Å². The summed E-state index contributed by atoms with van der Waals surface area (Å²) in [7, 11) is -3.22. The Morgan fingerprint density at radius 2 is 1.76 bits per heavy atom. The maximum absolute atomic E-state index is 12.6. The largest absolute Gasteiger partial charge is 0.338 e. The fourth-order valence-corrected chi connectivity index (χ4v) is 4.29. The summed E-state index contributed by atoms with van der Waals surface area (Å²) in [5.74, 6) is 1.53. The van der Waals surface area contributed by atoms with Crippen LogP contribution in [0.3, 0.4) is 0 Å². The van der Waals surface area contributed by atoms with Crippen molar-refractivity contribution in [2.45, 2.75) is 13.3 Å². The predicted molar refractivity (Wildman–Crippen MR) is 130 cm³/mol. The highest BCUT2D eigenvalue weighted by Crippen LogP contribution is 2.18. The first-order chi connectivity index (χ1) is 16.3. The normalized spacial score (nSPS) is 14.6. The van der Waals surface area contributed by atoms with E-state index in [1.54, 1.807) is 12.1 Å². The second kappa shape index (κ2) is 10.1. The molecule has 178 valence electrons. The van der Waals surface area contributed by atoms with Gasteiger partial charge in [0.1, 0.15) is 11.6 Å². The van der Waals surface area contributed by atoms with Crippen LogP contribution in [-0.4, -0.2) is 71.0 Å². The first-order valence-electron chi connectivity index (χ1n) is 10.9. The van der Waals surface area contributed by atoms with E-state index >= 15 is 0 Å². The second-order valence-corrected chi connectivity index (χ2v) is 9.74. The van der Waals surface area contributed by atoms with Crippen molar-refractivity contribution in [1.82, 2.24) is 24.2 Å². The number of benzene rings is 1. The molecule has 0 atom stereocenters. The monoisotopic (exact) mass is 482 g/mol. The SMILES string of the molecule is CCc1nc(Nc2cc(C(=O)Nc3ccccc3)ccn2)nc(N2CCN(S(C)(=O)=O)CC2)n1. The standard InChI is InChI=1S/C22H26N8O3S/c1-3-18-25-21(28-22(27-18)29-11-13-30(14-12-29)34(2,32)33)26-19-15-16(9-10-23-19)20(31)24-17-7-5-4-6-8-17/h4-10,15H,3,11-14H2,1-2H3,(H,24,31)(H,23,25,26,27,28). The zero-order valence-corrected chi connectivity index (χ0v) is 19.8. The van der Waals surface area contributed by atoms with E-state index in [2.05, 4.69) is 30.6 Å². The maximum Gasteiger partial charge on any atom is 0.255 e. The van der Waals surface area contributed by atoms with Gasteiger partial charge in [0.05, 0.1) is 6.26 Å². The molecule has 4 rings (SSSR count). The molecule has 0 spiro atoms. The molecule has 2 aromatic heterocycles. The number of hydrogen-bond acceptors (Lipinski definition) is 9. The first kappa shape index (κ1) is 23.5. The number of carbonyl (C=O) groups excluding carboxylic acids is 1. The number of amides is 1. The average Bonchev–Trinajstić information content (AvgIpc) is 2.84. The fraction of sp³-hybridized carbons (Fsp3) is 0.318. The Labute approximate surface area is 198 Å². The van der Waals surface area contributed by atoms with Crippen molar-refractivity contribution in [2.75, 3.05) is 48.0 Å². The Kier molecular flexibility index (Phi) is 6.98. The molecule has 1 saturated heterocycles. The summed E-state index contributed by atoms with van der Waals surface area (Å²) >= 11 is 0. The van der Waals surface area contributed by atoms with Gasteiger partial charge in [-0.15, -0.1) is 0 Å². The van der Waals surface area contributed by atoms with Crippen molar-refractivity contribution in [1.29, 1.82) is 0 Å². The van der Waals surface area contributed by atoms with Crippen LogP contribution in [0.5, 0.6) is 0 Å². The molecule has 1 aliphatic heterocycles. The molecule has 1 amide bonds. The topological polar surface area (TPSA) is 133 Å². The van der Waals surface area contributed by atoms with Gasteiger partial charge in [-0.2, -0.15) is 19.3 Å². The summed E-state index contributed by atoms with van der Waals surface area (Å²) in [5.41, 5.74) is 1.13. The number of aryl methyl sites for hydroxylation is 1. The molecule has 0 bridgehead atoms. The van der Waals surface area contributed by atoms with Crippen molar-refractivity contribution in [3.8, 4) is 0 Å². The van der Waals surface area contributed by atoms with Gasteiger partial charge in [0.25, 0.3) is 5.91 Å². The van der Waals surface area contributed by atoms with Crippen LogP contribution >= 0.6 is 0 Å². The number of pyridine rings is 1. The van der Waals surface area contributed by atoms with Crippen LogP contribution < -0.4 is 15.5 Å². The number of carbonyl (C=O) groups is 1. The lowest BCUT2D eigenvalue weighted by atomic mass is 10.2. The minimum absolute atomic E-state index is 0.258. The molecule has 3 heterocycles. The van der Waals surface area contributed by atoms with Crippen LogP contribution in [0.25, 0.3) is 0 Å². The third-order valence-electron chi connectivity index (χ3n) is 5.27. The number of aromatic nitrogens is 4. The van der Waals surface area contributed by atoms with Gasteiger partial charge in [-0.25, -0.2) is 13.4 Å². The van der Waals surface area contributed by atoms with Gasteiger partial charge in [-0.3, -0.25) is 4.79 Å². The first-order valence-corrected chi connectivity index (χ1v) is 12.7. The second-order valence-electron chi connectivity index (χ2n) is 7.75.